The topological polar surface area (TPSA) is 94.1 Å². The van der Waals surface area contributed by atoms with Gasteiger partial charge in [0.2, 0.25) is 5.91 Å². The number of hydrogen-bond acceptors (Lipinski definition) is 6. The van der Waals surface area contributed by atoms with Crippen molar-refractivity contribution in [2.75, 3.05) is 18.6 Å². The molecule has 154 valence electrons. The first-order valence-corrected chi connectivity index (χ1v) is 11.1. The van der Waals surface area contributed by atoms with Gasteiger partial charge >= 0.3 is 0 Å². The van der Waals surface area contributed by atoms with Crippen LogP contribution in [0.5, 0.6) is 11.5 Å². The summed E-state index contributed by atoms with van der Waals surface area (Å²) in [7, 11) is -1.42. The summed E-state index contributed by atoms with van der Waals surface area (Å²) in [6.45, 7) is 0.428. The number of amides is 1. The van der Waals surface area contributed by atoms with Gasteiger partial charge < -0.3 is 9.47 Å². The zero-order chi connectivity index (χ0) is 20.7. The number of carbonyl (C=O) groups is 1. The van der Waals surface area contributed by atoms with Crippen LogP contribution in [0.15, 0.2) is 53.6 Å². The van der Waals surface area contributed by atoms with E-state index in [1.54, 1.807) is 19.2 Å². The normalized spacial score (nSPS) is 17.9. The maximum Gasteiger partial charge on any atom is 0.240 e. The van der Waals surface area contributed by atoms with Crippen LogP contribution in [0.25, 0.3) is 0 Å². The van der Waals surface area contributed by atoms with Gasteiger partial charge in [0.25, 0.3) is 0 Å². The second-order valence-corrected chi connectivity index (χ2v) is 9.18. The van der Waals surface area contributed by atoms with Crippen molar-refractivity contribution in [2.45, 2.75) is 19.4 Å². The predicted octanol–water partition coefficient (Wildman–Crippen LogP) is 2.55. The zero-order valence-corrected chi connectivity index (χ0v) is 17.0. The first kappa shape index (κ1) is 20.9. The summed E-state index contributed by atoms with van der Waals surface area (Å²) in [5.41, 5.74) is 4.24. The molecule has 0 spiro atoms. The van der Waals surface area contributed by atoms with Gasteiger partial charge in [0.1, 0.15) is 6.61 Å². The van der Waals surface area contributed by atoms with E-state index in [2.05, 4.69) is 10.5 Å². The average molecular weight is 416 g/mol. The van der Waals surface area contributed by atoms with Crippen LogP contribution >= 0.6 is 0 Å². The second kappa shape index (κ2) is 9.56. The van der Waals surface area contributed by atoms with Gasteiger partial charge in [0.15, 0.2) is 21.3 Å². The minimum Gasteiger partial charge on any atom is -0.493 e. The molecule has 0 aliphatic carbocycles. The van der Waals surface area contributed by atoms with Crippen molar-refractivity contribution in [2.24, 2.45) is 11.0 Å². The number of rotatable bonds is 8. The van der Waals surface area contributed by atoms with E-state index in [1.165, 1.54) is 6.21 Å². The highest BCUT2D eigenvalue weighted by atomic mass is 32.2. The molecule has 1 aliphatic rings. The fourth-order valence-corrected chi connectivity index (χ4v) is 5.00. The summed E-state index contributed by atoms with van der Waals surface area (Å²) in [4.78, 5) is 11.9. The van der Waals surface area contributed by atoms with E-state index in [4.69, 9.17) is 9.47 Å². The molecule has 1 amide bonds. The van der Waals surface area contributed by atoms with Gasteiger partial charge in [-0.2, -0.15) is 5.10 Å². The van der Waals surface area contributed by atoms with Crippen LogP contribution in [0.4, 0.5) is 0 Å². The van der Waals surface area contributed by atoms with Crippen LogP contribution in [0.3, 0.4) is 0 Å². The lowest BCUT2D eigenvalue weighted by atomic mass is 10.1. The Morgan fingerprint density at radius 2 is 2.00 bits per heavy atom. The van der Waals surface area contributed by atoms with Crippen molar-refractivity contribution in [3.63, 3.8) is 0 Å². The maximum atomic E-state index is 11.9. The Balaban J connectivity index is 1.53. The second-order valence-electron chi connectivity index (χ2n) is 6.95. The standard InChI is InChI=1S/C21H24N2O5S/c1-27-20-11-17(7-8-19(20)28-14-16-5-3-2-4-6-16)13-22-23-21(24)12-18-9-10-29(25,26)15-18/h2-8,11,13,18H,9-10,12,14-15H2,1H3,(H,23,24)/b22-13-/t18-/m0/s1. The Kier molecular flexibility index (Phi) is 6.87. The zero-order valence-electron chi connectivity index (χ0n) is 16.2. The molecule has 0 bridgehead atoms. The van der Waals surface area contributed by atoms with E-state index >= 15 is 0 Å². The summed E-state index contributed by atoms with van der Waals surface area (Å²) in [5.74, 6) is 0.986. The van der Waals surface area contributed by atoms with Gasteiger partial charge in [-0.15, -0.1) is 0 Å². The van der Waals surface area contributed by atoms with Crippen molar-refractivity contribution in [1.82, 2.24) is 5.43 Å². The highest BCUT2D eigenvalue weighted by Gasteiger charge is 2.29. The predicted molar refractivity (Wildman–Crippen MR) is 111 cm³/mol. The molecule has 2 aromatic rings. The molecule has 1 N–H and O–H groups in total. The van der Waals surface area contributed by atoms with Crippen molar-refractivity contribution < 1.29 is 22.7 Å². The first-order valence-electron chi connectivity index (χ1n) is 9.32. The molecule has 1 saturated heterocycles. The van der Waals surface area contributed by atoms with Gasteiger partial charge in [-0.1, -0.05) is 30.3 Å². The molecular weight excluding hydrogens is 392 g/mol. The monoisotopic (exact) mass is 416 g/mol. The van der Waals surface area contributed by atoms with E-state index in [9.17, 15) is 13.2 Å². The fourth-order valence-electron chi connectivity index (χ4n) is 3.14. The molecule has 1 aliphatic heterocycles. The molecule has 8 heteroatoms. The van der Waals surface area contributed by atoms with Crippen molar-refractivity contribution >= 4 is 22.0 Å². The number of carbonyl (C=O) groups excluding carboxylic acids is 1. The number of hydrazone groups is 1. The highest BCUT2D eigenvalue weighted by molar-refractivity contribution is 7.91. The number of hydrogen-bond donors (Lipinski definition) is 1. The third kappa shape index (κ3) is 6.32. The molecule has 29 heavy (non-hydrogen) atoms. The molecule has 2 aromatic carbocycles. The minimum absolute atomic E-state index is 0.0752. The Morgan fingerprint density at radius 1 is 1.21 bits per heavy atom. The van der Waals surface area contributed by atoms with Crippen LogP contribution in [0.1, 0.15) is 24.0 Å². The van der Waals surface area contributed by atoms with Gasteiger partial charge in [-0.05, 0) is 41.7 Å². The molecule has 1 atom stereocenters. The average Bonchev–Trinajstić information content (AvgIpc) is 3.05. The number of benzene rings is 2. The molecule has 3 rings (SSSR count). The van der Waals surface area contributed by atoms with Gasteiger partial charge in [-0.3, -0.25) is 4.79 Å². The van der Waals surface area contributed by atoms with E-state index in [-0.39, 0.29) is 29.8 Å². The van der Waals surface area contributed by atoms with Crippen LogP contribution in [0, 0.1) is 5.92 Å². The summed E-state index contributed by atoms with van der Waals surface area (Å²) in [6, 6.07) is 15.2. The van der Waals surface area contributed by atoms with Gasteiger partial charge in [0, 0.05) is 6.42 Å². The molecule has 0 aromatic heterocycles. The van der Waals surface area contributed by atoms with Crippen molar-refractivity contribution in [3.05, 3.63) is 59.7 Å². The largest absolute Gasteiger partial charge is 0.493 e. The van der Waals surface area contributed by atoms with Crippen LogP contribution in [-0.2, 0) is 21.2 Å². The number of ether oxygens (including phenoxy) is 2. The fraction of sp³-hybridized carbons (Fsp3) is 0.333. The van der Waals surface area contributed by atoms with Crippen molar-refractivity contribution in [3.8, 4) is 11.5 Å². The summed E-state index contributed by atoms with van der Waals surface area (Å²) < 4.78 is 34.1. The Bertz CT molecular complexity index is 974. The molecule has 1 heterocycles. The smallest absolute Gasteiger partial charge is 0.240 e. The summed E-state index contributed by atoms with van der Waals surface area (Å²) in [5, 5.41) is 3.95. The van der Waals surface area contributed by atoms with Gasteiger partial charge in [-0.25, -0.2) is 13.8 Å². The Morgan fingerprint density at radius 3 is 2.69 bits per heavy atom. The molecule has 7 nitrogen and oxygen atoms in total. The third-order valence-corrected chi connectivity index (χ3v) is 6.47. The molecule has 1 fully saturated rings. The number of nitrogens with one attached hydrogen (secondary N) is 1. The maximum absolute atomic E-state index is 11.9. The quantitative estimate of drug-likeness (QED) is 0.527. The van der Waals surface area contributed by atoms with Crippen molar-refractivity contribution in [1.29, 1.82) is 0 Å². The third-order valence-electron chi connectivity index (χ3n) is 4.63. The SMILES string of the molecule is COc1cc(/C=N\NC(=O)C[C@@H]2CCS(=O)(=O)C2)ccc1OCc1ccccc1. The number of methoxy groups -OCH3 is 1. The number of sulfone groups is 1. The van der Waals surface area contributed by atoms with E-state index in [0.717, 1.165) is 11.1 Å². The number of nitrogens with zero attached hydrogens (tertiary/aromatic N) is 1. The first-order chi connectivity index (χ1) is 13.9. The lowest BCUT2D eigenvalue weighted by Crippen LogP contribution is -2.21. The lowest BCUT2D eigenvalue weighted by molar-refractivity contribution is -0.121. The van der Waals surface area contributed by atoms with E-state index in [1.807, 2.05) is 36.4 Å². The summed E-state index contributed by atoms with van der Waals surface area (Å²) in [6.07, 6.45) is 2.19. The van der Waals surface area contributed by atoms with Crippen LogP contribution < -0.4 is 14.9 Å². The summed E-state index contributed by atoms with van der Waals surface area (Å²) >= 11 is 0. The minimum atomic E-state index is -2.98. The van der Waals surface area contributed by atoms with E-state index in [0.29, 0.717) is 24.5 Å². The molecule has 0 saturated carbocycles. The van der Waals surface area contributed by atoms with Gasteiger partial charge in [0.05, 0.1) is 24.8 Å². The van der Waals surface area contributed by atoms with Crippen LogP contribution in [0.2, 0.25) is 0 Å². The molecule has 0 radical (unpaired) electrons. The van der Waals surface area contributed by atoms with Crippen LogP contribution in [-0.4, -0.2) is 39.2 Å². The Labute approximate surface area is 170 Å². The molecule has 0 unspecified atom stereocenters. The van der Waals surface area contributed by atoms with E-state index < -0.39 is 9.84 Å². The molecular formula is C21H24N2O5S. The lowest BCUT2D eigenvalue weighted by Gasteiger charge is -2.11. The Hall–Kier alpha value is -2.87. The highest BCUT2D eigenvalue weighted by Crippen LogP contribution is 2.28.